The number of hydrogen-bond donors (Lipinski definition) is 1. The lowest BCUT2D eigenvalue weighted by atomic mass is 10.2. The Balaban J connectivity index is 1.71. The third kappa shape index (κ3) is 4.36. The number of likely N-dealkylation sites (N-methyl/N-ethyl adjacent to an activating group) is 1. The zero-order valence-corrected chi connectivity index (χ0v) is 17.7. The summed E-state index contributed by atoms with van der Waals surface area (Å²) in [4.78, 5) is 13.8. The van der Waals surface area contributed by atoms with Gasteiger partial charge >= 0.3 is 0 Å². The second kappa shape index (κ2) is 8.37. The normalized spacial score (nSPS) is 15.5. The van der Waals surface area contributed by atoms with E-state index in [4.69, 9.17) is 28.6 Å². The number of halogens is 2. The molecule has 1 heterocycles. The monoisotopic (exact) mass is 498 g/mol. The van der Waals surface area contributed by atoms with Crippen LogP contribution in [0.5, 0.6) is 5.75 Å². The molecule has 1 N–H and O–H groups in total. The van der Waals surface area contributed by atoms with Gasteiger partial charge in [0.15, 0.2) is 5.11 Å². The van der Waals surface area contributed by atoms with E-state index < -0.39 is 0 Å². The molecule has 0 aliphatic carbocycles. The van der Waals surface area contributed by atoms with Crippen molar-refractivity contribution >= 4 is 63.5 Å². The Bertz CT molecular complexity index is 884. The van der Waals surface area contributed by atoms with Crippen LogP contribution < -0.4 is 10.1 Å². The van der Waals surface area contributed by atoms with Crippen molar-refractivity contribution in [1.29, 1.82) is 0 Å². The molecule has 4 nitrogen and oxygen atoms in total. The van der Waals surface area contributed by atoms with Crippen LogP contribution in [0.15, 0.2) is 48.2 Å². The third-order valence-electron chi connectivity index (χ3n) is 3.85. The zero-order valence-electron chi connectivity index (χ0n) is 14.0. The maximum Gasteiger partial charge on any atom is 0.276 e. The summed E-state index contributed by atoms with van der Waals surface area (Å²) in [6, 6.07) is 13.5. The lowest BCUT2D eigenvalue weighted by Crippen LogP contribution is -2.30. The molecule has 2 aromatic rings. The van der Waals surface area contributed by atoms with Crippen LogP contribution in [0, 0.1) is 3.57 Å². The summed E-state index contributed by atoms with van der Waals surface area (Å²) < 4.78 is 6.97. The van der Waals surface area contributed by atoms with Crippen LogP contribution in [-0.4, -0.2) is 22.5 Å². The van der Waals surface area contributed by atoms with Crippen LogP contribution in [0.2, 0.25) is 5.02 Å². The van der Waals surface area contributed by atoms with Crippen LogP contribution in [0.4, 0.5) is 0 Å². The molecular weight excluding hydrogens is 483 g/mol. The molecule has 0 bridgehead atoms. The molecule has 2 aromatic carbocycles. The minimum atomic E-state index is -0.132. The number of carbonyl (C=O) groups is 1. The van der Waals surface area contributed by atoms with Crippen molar-refractivity contribution in [2.75, 3.05) is 6.54 Å². The van der Waals surface area contributed by atoms with Gasteiger partial charge in [0.2, 0.25) is 0 Å². The van der Waals surface area contributed by atoms with E-state index in [1.165, 1.54) is 8.47 Å². The predicted octanol–water partition coefficient (Wildman–Crippen LogP) is 4.60. The number of amides is 1. The highest BCUT2D eigenvalue weighted by Crippen LogP contribution is 2.27. The molecule has 1 aliphatic heterocycles. The van der Waals surface area contributed by atoms with Gasteiger partial charge in [0, 0.05) is 10.1 Å². The number of nitrogens with zero attached hydrogens (tertiary/aromatic N) is 1. The van der Waals surface area contributed by atoms with Gasteiger partial charge in [-0.15, -0.1) is 0 Å². The predicted molar refractivity (Wildman–Crippen MR) is 116 cm³/mol. The summed E-state index contributed by atoms with van der Waals surface area (Å²) in [6.07, 6.45) is 1.74. The molecule has 3 rings (SSSR count). The molecule has 0 radical (unpaired) electrons. The first-order chi connectivity index (χ1) is 12.5. The van der Waals surface area contributed by atoms with E-state index in [0.717, 1.165) is 11.1 Å². The van der Waals surface area contributed by atoms with E-state index in [-0.39, 0.29) is 5.91 Å². The topological polar surface area (TPSA) is 41.6 Å². The molecule has 7 heteroatoms. The molecule has 0 spiro atoms. The van der Waals surface area contributed by atoms with E-state index in [0.29, 0.717) is 34.7 Å². The fraction of sp³-hybridized carbons (Fsp3) is 0.158. The summed E-state index contributed by atoms with van der Waals surface area (Å²) in [6.45, 7) is 2.86. The Labute approximate surface area is 176 Å². The van der Waals surface area contributed by atoms with E-state index in [2.05, 4.69) is 27.9 Å². The van der Waals surface area contributed by atoms with Crippen LogP contribution in [0.1, 0.15) is 18.1 Å². The Kier molecular flexibility index (Phi) is 6.16. The first-order valence-corrected chi connectivity index (χ1v) is 9.85. The molecule has 1 saturated heterocycles. The molecule has 0 aromatic heterocycles. The highest BCUT2D eigenvalue weighted by Gasteiger charge is 2.28. The lowest BCUT2D eigenvalue weighted by molar-refractivity contribution is -0.122. The Hall–Kier alpha value is -1.64. The SMILES string of the molecule is CCN1C(=O)C(=Cc2ccc(OCc3ccc(I)cc3)c(Cl)c2)NC1=S. The number of nitrogens with one attached hydrogen (secondary N) is 1. The number of benzene rings is 2. The van der Waals surface area contributed by atoms with Crippen molar-refractivity contribution < 1.29 is 9.53 Å². The highest BCUT2D eigenvalue weighted by molar-refractivity contribution is 14.1. The van der Waals surface area contributed by atoms with Crippen molar-refractivity contribution in [3.63, 3.8) is 0 Å². The van der Waals surface area contributed by atoms with Crippen molar-refractivity contribution in [3.8, 4) is 5.75 Å². The van der Waals surface area contributed by atoms with Crippen molar-refractivity contribution in [2.45, 2.75) is 13.5 Å². The number of hydrogen-bond acceptors (Lipinski definition) is 3. The minimum Gasteiger partial charge on any atom is -0.487 e. The first-order valence-electron chi connectivity index (χ1n) is 7.99. The molecule has 1 fully saturated rings. The van der Waals surface area contributed by atoms with E-state index >= 15 is 0 Å². The number of rotatable bonds is 5. The third-order valence-corrected chi connectivity index (χ3v) is 5.19. The lowest BCUT2D eigenvalue weighted by Gasteiger charge is -2.09. The Morgan fingerprint density at radius 1 is 1.27 bits per heavy atom. The minimum absolute atomic E-state index is 0.132. The molecule has 134 valence electrons. The van der Waals surface area contributed by atoms with Crippen LogP contribution in [-0.2, 0) is 11.4 Å². The van der Waals surface area contributed by atoms with Gasteiger partial charge in [-0.3, -0.25) is 9.69 Å². The van der Waals surface area contributed by atoms with Gasteiger partial charge in [0.05, 0.1) is 5.02 Å². The quantitative estimate of drug-likeness (QED) is 0.372. The van der Waals surface area contributed by atoms with Gasteiger partial charge in [0.1, 0.15) is 18.1 Å². The van der Waals surface area contributed by atoms with E-state index in [1.54, 1.807) is 18.2 Å². The first kappa shape index (κ1) is 19.1. The summed E-state index contributed by atoms with van der Waals surface area (Å²) in [5.74, 6) is 0.469. The molecule has 0 unspecified atom stereocenters. The molecule has 1 aliphatic rings. The Morgan fingerprint density at radius 2 is 2.00 bits per heavy atom. The molecule has 26 heavy (non-hydrogen) atoms. The maximum atomic E-state index is 12.2. The van der Waals surface area contributed by atoms with Gasteiger partial charge in [-0.2, -0.15) is 0 Å². The average Bonchev–Trinajstić information content (AvgIpc) is 2.88. The van der Waals surface area contributed by atoms with Gasteiger partial charge in [-0.25, -0.2) is 0 Å². The fourth-order valence-corrected chi connectivity index (χ4v) is 3.42. The zero-order chi connectivity index (χ0) is 18.7. The summed E-state index contributed by atoms with van der Waals surface area (Å²) in [5, 5.41) is 3.85. The number of carbonyl (C=O) groups excluding carboxylic acids is 1. The van der Waals surface area contributed by atoms with Crippen molar-refractivity contribution in [2.24, 2.45) is 0 Å². The molecule has 0 saturated carbocycles. The van der Waals surface area contributed by atoms with Crippen molar-refractivity contribution in [1.82, 2.24) is 10.2 Å². The van der Waals surface area contributed by atoms with Crippen LogP contribution >= 0.6 is 46.4 Å². The van der Waals surface area contributed by atoms with Crippen LogP contribution in [0.25, 0.3) is 6.08 Å². The van der Waals surface area contributed by atoms with E-state index in [9.17, 15) is 4.79 Å². The second-order valence-corrected chi connectivity index (χ2v) is 7.68. The molecular formula is C19H16ClIN2O2S. The maximum absolute atomic E-state index is 12.2. The standard InChI is InChI=1S/C19H16ClIN2O2S/c1-2-23-18(24)16(22-19(23)26)10-13-5-8-17(15(20)9-13)25-11-12-3-6-14(21)7-4-12/h3-10H,2,11H2,1H3,(H,22,26). The fourth-order valence-electron chi connectivity index (χ4n) is 2.49. The molecule has 1 amide bonds. The number of thiocarbonyl (C=S) groups is 1. The summed E-state index contributed by atoms with van der Waals surface area (Å²) in [7, 11) is 0. The largest absolute Gasteiger partial charge is 0.487 e. The van der Waals surface area contributed by atoms with Gasteiger partial charge < -0.3 is 10.1 Å². The highest BCUT2D eigenvalue weighted by atomic mass is 127. The Morgan fingerprint density at radius 3 is 2.62 bits per heavy atom. The molecule has 0 atom stereocenters. The smallest absolute Gasteiger partial charge is 0.276 e. The number of ether oxygens (including phenoxy) is 1. The van der Waals surface area contributed by atoms with Crippen molar-refractivity contribution in [3.05, 3.63) is 67.9 Å². The van der Waals surface area contributed by atoms with Crippen LogP contribution in [0.3, 0.4) is 0 Å². The second-order valence-electron chi connectivity index (χ2n) is 5.64. The summed E-state index contributed by atoms with van der Waals surface area (Å²) >= 11 is 13.7. The average molecular weight is 499 g/mol. The summed E-state index contributed by atoms with van der Waals surface area (Å²) in [5.41, 5.74) is 2.32. The van der Waals surface area contributed by atoms with Gasteiger partial charge in [-0.05, 0) is 83.2 Å². The van der Waals surface area contributed by atoms with Gasteiger partial charge in [0.25, 0.3) is 5.91 Å². The van der Waals surface area contributed by atoms with Gasteiger partial charge in [-0.1, -0.05) is 29.8 Å². The van der Waals surface area contributed by atoms with E-state index in [1.807, 2.05) is 37.3 Å².